The third-order valence-electron chi connectivity index (χ3n) is 6.78. The Morgan fingerprint density at radius 1 is 0.912 bits per heavy atom. The van der Waals surface area contributed by atoms with Crippen LogP contribution in [-0.4, -0.2) is 46.4 Å². The van der Waals surface area contributed by atoms with Gasteiger partial charge in [-0.1, -0.05) is 36.4 Å². The fraction of sp³-hybridized carbons (Fsp3) is 0.308. The summed E-state index contributed by atoms with van der Waals surface area (Å²) in [5.41, 5.74) is 2.55. The van der Waals surface area contributed by atoms with Gasteiger partial charge in [0, 0.05) is 43.1 Å². The molecule has 1 N–H and O–H groups in total. The second-order valence-electron chi connectivity index (χ2n) is 8.91. The summed E-state index contributed by atoms with van der Waals surface area (Å²) in [5.74, 6) is -2.46. The highest BCUT2D eigenvalue weighted by Gasteiger charge is 2.40. The van der Waals surface area contributed by atoms with Crippen LogP contribution in [-0.2, 0) is 25.7 Å². The van der Waals surface area contributed by atoms with Crippen LogP contribution in [0.1, 0.15) is 53.1 Å². The monoisotopic (exact) mass is 457 g/mol. The number of nitrogens with zero attached hydrogens (tertiary/aromatic N) is 2. The molecule has 0 radical (unpaired) electrons. The Morgan fingerprint density at radius 3 is 2.35 bits per heavy atom. The summed E-state index contributed by atoms with van der Waals surface area (Å²) in [6.07, 6.45) is 2.40. The molecule has 172 valence electrons. The lowest BCUT2D eigenvalue weighted by Crippen LogP contribution is -2.52. The minimum absolute atomic E-state index is 0.119. The van der Waals surface area contributed by atoms with E-state index in [4.69, 9.17) is 0 Å². The van der Waals surface area contributed by atoms with Gasteiger partial charge in [-0.3, -0.25) is 34.3 Å². The molecule has 2 fully saturated rings. The number of nitrogens with one attached hydrogen (secondary N) is 1. The number of hydrogen-bond acceptors (Lipinski definition) is 6. The number of fused-ring (bicyclic) bond motifs is 1. The normalized spacial score (nSPS) is 25.1. The van der Waals surface area contributed by atoms with E-state index in [0.29, 0.717) is 16.8 Å². The van der Waals surface area contributed by atoms with Gasteiger partial charge >= 0.3 is 0 Å². The van der Waals surface area contributed by atoms with Gasteiger partial charge in [0.1, 0.15) is 23.5 Å². The van der Waals surface area contributed by atoms with Gasteiger partial charge in [-0.25, -0.2) is 0 Å². The van der Waals surface area contributed by atoms with Crippen LogP contribution in [0.5, 0.6) is 0 Å². The number of piperidine rings is 1. The highest BCUT2D eigenvalue weighted by molar-refractivity contribution is 6.17. The number of aliphatic imine (C=N–C) groups is 1. The van der Waals surface area contributed by atoms with E-state index in [0.717, 1.165) is 5.56 Å². The fourth-order valence-electron chi connectivity index (χ4n) is 4.96. The first kappa shape index (κ1) is 21.9. The van der Waals surface area contributed by atoms with Crippen molar-refractivity contribution in [2.24, 2.45) is 10.9 Å². The highest BCUT2D eigenvalue weighted by Crippen LogP contribution is 2.35. The SMILES string of the molecule is O=C1CCC(N2Cc3c(N=CC4C(=O)CC(c5ccccc5)CC4=O)cccc3C2=O)C(=O)N1. The molecule has 2 aromatic carbocycles. The van der Waals surface area contributed by atoms with Gasteiger partial charge < -0.3 is 4.90 Å². The summed E-state index contributed by atoms with van der Waals surface area (Å²) >= 11 is 0. The van der Waals surface area contributed by atoms with Crippen LogP contribution >= 0.6 is 0 Å². The van der Waals surface area contributed by atoms with E-state index in [9.17, 15) is 24.0 Å². The third-order valence-corrected chi connectivity index (χ3v) is 6.78. The van der Waals surface area contributed by atoms with Crippen LogP contribution in [0.4, 0.5) is 5.69 Å². The van der Waals surface area contributed by atoms with Crippen molar-refractivity contribution < 1.29 is 24.0 Å². The Labute approximate surface area is 196 Å². The van der Waals surface area contributed by atoms with Crippen LogP contribution < -0.4 is 5.32 Å². The minimum atomic E-state index is -0.904. The lowest BCUT2D eigenvalue weighted by Gasteiger charge is -2.29. The Kier molecular flexibility index (Phi) is 5.65. The summed E-state index contributed by atoms with van der Waals surface area (Å²) in [7, 11) is 0. The molecule has 2 aliphatic heterocycles. The first-order valence-corrected chi connectivity index (χ1v) is 11.3. The number of ketones is 2. The Balaban J connectivity index is 1.33. The Morgan fingerprint density at radius 2 is 1.65 bits per heavy atom. The van der Waals surface area contributed by atoms with Gasteiger partial charge in [0.25, 0.3) is 5.91 Å². The number of imide groups is 1. The molecule has 8 heteroatoms. The second-order valence-corrected chi connectivity index (χ2v) is 8.91. The number of amides is 3. The zero-order chi connectivity index (χ0) is 23.8. The molecule has 1 aliphatic carbocycles. The Bertz CT molecular complexity index is 1220. The van der Waals surface area contributed by atoms with Crippen LogP contribution in [0.2, 0.25) is 0 Å². The molecule has 0 aromatic heterocycles. The van der Waals surface area contributed by atoms with Crippen LogP contribution in [0.25, 0.3) is 0 Å². The van der Waals surface area contributed by atoms with Crippen LogP contribution in [0, 0.1) is 5.92 Å². The maximum Gasteiger partial charge on any atom is 0.255 e. The number of benzene rings is 2. The average molecular weight is 457 g/mol. The summed E-state index contributed by atoms with van der Waals surface area (Å²) < 4.78 is 0. The van der Waals surface area contributed by atoms with Gasteiger partial charge in [0.15, 0.2) is 0 Å². The van der Waals surface area contributed by atoms with Gasteiger partial charge in [-0.2, -0.15) is 0 Å². The molecule has 0 spiro atoms. The number of carbonyl (C=O) groups is 5. The van der Waals surface area contributed by atoms with Crippen molar-refractivity contribution in [3.63, 3.8) is 0 Å². The predicted molar refractivity (Wildman–Crippen MR) is 123 cm³/mol. The van der Waals surface area contributed by atoms with Crippen LogP contribution in [0.3, 0.4) is 0 Å². The van der Waals surface area contributed by atoms with E-state index in [1.54, 1.807) is 18.2 Å². The fourth-order valence-corrected chi connectivity index (χ4v) is 4.96. The molecule has 3 aliphatic rings. The van der Waals surface area contributed by atoms with Crippen molar-refractivity contribution >= 4 is 41.2 Å². The lowest BCUT2D eigenvalue weighted by atomic mass is 9.77. The topological polar surface area (TPSA) is 113 Å². The average Bonchev–Trinajstić information content (AvgIpc) is 3.16. The number of carbonyl (C=O) groups excluding carboxylic acids is 5. The molecule has 2 aromatic rings. The first-order chi connectivity index (χ1) is 16.4. The molecular formula is C26H23N3O5. The van der Waals surface area contributed by atoms with E-state index in [2.05, 4.69) is 10.3 Å². The summed E-state index contributed by atoms with van der Waals surface area (Å²) in [6.45, 7) is 0.177. The molecule has 1 saturated carbocycles. The van der Waals surface area contributed by atoms with E-state index >= 15 is 0 Å². The summed E-state index contributed by atoms with van der Waals surface area (Å²) in [5, 5.41) is 2.29. The van der Waals surface area contributed by atoms with Crippen molar-refractivity contribution in [3.8, 4) is 0 Å². The molecule has 2 heterocycles. The maximum absolute atomic E-state index is 13.0. The van der Waals surface area contributed by atoms with Gasteiger partial charge in [0.2, 0.25) is 11.8 Å². The predicted octanol–water partition coefficient (Wildman–Crippen LogP) is 2.48. The van der Waals surface area contributed by atoms with E-state index in [1.807, 2.05) is 30.3 Å². The smallest absolute Gasteiger partial charge is 0.255 e. The van der Waals surface area contributed by atoms with Crippen molar-refractivity contribution in [3.05, 3.63) is 65.2 Å². The van der Waals surface area contributed by atoms with Crippen molar-refractivity contribution in [2.75, 3.05) is 0 Å². The van der Waals surface area contributed by atoms with Gasteiger partial charge in [-0.15, -0.1) is 0 Å². The number of Topliss-reactive ketones (excluding diaryl/α,β-unsaturated/α-hetero) is 2. The largest absolute Gasteiger partial charge is 0.322 e. The molecule has 1 saturated heterocycles. The highest BCUT2D eigenvalue weighted by atomic mass is 16.2. The van der Waals surface area contributed by atoms with Crippen molar-refractivity contribution in [1.82, 2.24) is 10.2 Å². The van der Waals surface area contributed by atoms with Crippen molar-refractivity contribution in [1.29, 1.82) is 0 Å². The molecular weight excluding hydrogens is 434 g/mol. The second kappa shape index (κ2) is 8.78. The van der Waals surface area contributed by atoms with Crippen molar-refractivity contribution in [2.45, 2.75) is 44.2 Å². The number of hydrogen-bond donors (Lipinski definition) is 1. The molecule has 0 bridgehead atoms. The zero-order valence-corrected chi connectivity index (χ0v) is 18.4. The van der Waals surface area contributed by atoms with Crippen LogP contribution in [0.15, 0.2) is 53.5 Å². The standard InChI is InChI=1S/C26H23N3O5/c30-22-11-16(15-5-2-1-3-6-15)12-23(31)18(22)13-27-20-8-4-7-17-19(20)14-29(26(17)34)21-9-10-24(32)28-25(21)33/h1-8,13,16,18,21H,9-12,14H2,(H,28,32,33). The van der Waals surface area contributed by atoms with E-state index in [1.165, 1.54) is 11.1 Å². The summed E-state index contributed by atoms with van der Waals surface area (Å²) in [4.78, 5) is 68.1. The first-order valence-electron chi connectivity index (χ1n) is 11.3. The molecule has 5 rings (SSSR count). The zero-order valence-electron chi connectivity index (χ0n) is 18.4. The lowest BCUT2D eigenvalue weighted by molar-refractivity contribution is -0.137. The van der Waals surface area contributed by atoms with Gasteiger partial charge in [0.05, 0.1) is 5.69 Å². The maximum atomic E-state index is 13.0. The molecule has 34 heavy (non-hydrogen) atoms. The summed E-state index contributed by atoms with van der Waals surface area (Å²) in [6, 6.07) is 13.9. The number of rotatable bonds is 4. The minimum Gasteiger partial charge on any atom is -0.322 e. The third kappa shape index (κ3) is 3.96. The molecule has 3 amide bonds. The molecule has 1 unspecified atom stereocenters. The quantitative estimate of drug-likeness (QED) is 0.431. The molecule has 8 nitrogen and oxygen atoms in total. The van der Waals surface area contributed by atoms with E-state index in [-0.39, 0.29) is 61.5 Å². The van der Waals surface area contributed by atoms with Gasteiger partial charge in [-0.05, 0) is 30.0 Å². The Hall–Kier alpha value is -3.94. The van der Waals surface area contributed by atoms with E-state index < -0.39 is 17.9 Å². The molecule has 1 atom stereocenters.